The van der Waals surface area contributed by atoms with Crippen molar-refractivity contribution < 1.29 is 24.2 Å². The van der Waals surface area contributed by atoms with Crippen LogP contribution in [0.1, 0.15) is 24.0 Å². The van der Waals surface area contributed by atoms with Gasteiger partial charge in [-0.25, -0.2) is 4.79 Å². The van der Waals surface area contributed by atoms with Crippen LogP contribution in [0.4, 0.5) is 4.79 Å². The molecule has 26 heavy (non-hydrogen) atoms. The number of hydrogen-bond donors (Lipinski definition) is 2. The highest BCUT2D eigenvalue weighted by molar-refractivity contribution is 5.70. The Kier molecular flexibility index (Phi) is 8.15. The monoisotopic (exact) mass is 357 g/mol. The molecule has 0 saturated carbocycles. The molecule has 0 unspecified atom stereocenters. The van der Waals surface area contributed by atoms with Crippen LogP contribution < -0.4 is 5.32 Å². The Hall–Kier alpha value is -2.86. The highest BCUT2D eigenvalue weighted by Gasteiger charge is 2.13. The quantitative estimate of drug-likeness (QED) is 0.674. The summed E-state index contributed by atoms with van der Waals surface area (Å²) in [5.41, 5.74) is 1.78. The minimum absolute atomic E-state index is 0.117. The zero-order chi connectivity index (χ0) is 18.6. The van der Waals surface area contributed by atoms with E-state index in [9.17, 15) is 14.7 Å². The maximum Gasteiger partial charge on any atom is 0.407 e. The molecule has 6 heteroatoms. The summed E-state index contributed by atoms with van der Waals surface area (Å²) in [4.78, 5) is 23.3. The molecule has 0 bridgehead atoms. The first-order valence-corrected chi connectivity index (χ1v) is 8.45. The normalized spacial score (nSPS) is 11.4. The van der Waals surface area contributed by atoms with Crippen LogP contribution in [-0.4, -0.2) is 29.8 Å². The van der Waals surface area contributed by atoms with Crippen molar-refractivity contribution in [3.63, 3.8) is 0 Å². The largest absolute Gasteiger partial charge is 0.461 e. The molecule has 2 N–H and O–H groups in total. The summed E-state index contributed by atoms with van der Waals surface area (Å²) in [6, 6.07) is 18.6. The first-order valence-electron chi connectivity index (χ1n) is 8.45. The predicted molar refractivity (Wildman–Crippen MR) is 96.1 cm³/mol. The van der Waals surface area contributed by atoms with Gasteiger partial charge in [-0.2, -0.15) is 0 Å². The maximum atomic E-state index is 11.7. The maximum absolute atomic E-state index is 11.7. The van der Waals surface area contributed by atoms with Crippen LogP contribution in [-0.2, 0) is 27.5 Å². The molecule has 0 radical (unpaired) electrons. The second-order valence-corrected chi connectivity index (χ2v) is 5.78. The minimum Gasteiger partial charge on any atom is -0.461 e. The lowest BCUT2D eigenvalue weighted by molar-refractivity contribution is -0.147. The average molecular weight is 357 g/mol. The number of benzene rings is 2. The van der Waals surface area contributed by atoms with Crippen molar-refractivity contribution in [1.82, 2.24) is 5.32 Å². The Morgan fingerprint density at radius 2 is 1.42 bits per heavy atom. The zero-order valence-corrected chi connectivity index (χ0v) is 14.5. The van der Waals surface area contributed by atoms with Crippen LogP contribution in [0.2, 0.25) is 0 Å². The van der Waals surface area contributed by atoms with Crippen LogP contribution in [0, 0.1) is 0 Å². The van der Waals surface area contributed by atoms with Crippen LogP contribution in [0.5, 0.6) is 0 Å². The van der Waals surface area contributed by atoms with Gasteiger partial charge in [-0.15, -0.1) is 0 Å². The molecule has 2 aromatic carbocycles. The summed E-state index contributed by atoms with van der Waals surface area (Å²) in [5.74, 6) is -0.479. The SMILES string of the molecule is O=C(C[C@H](O)CCNC(=O)OCc1ccccc1)OCc1ccccc1. The van der Waals surface area contributed by atoms with E-state index in [1.807, 2.05) is 60.7 Å². The van der Waals surface area contributed by atoms with E-state index in [1.54, 1.807) is 0 Å². The summed E-state index contributed by atoms with van der Waals surface area (Å²) in [6.07, 6.45) is -1.32. The summed E-state index contributed by atoms with van der Waals surface area (Å²) >= 11 is 0. The lowest BCUT2D eigenvalue weighted by Crippen LogP contribution is -2.28. The van der Waals surface area contributed by atoms with Crippen molar-refractivity contribution in [2.75, 3.05) is 6.54 Å². The lowest BCUT2D eigenvalue weighted by Gasteiger charge is -2.11. The van der Waals surface area contributed by atoms with Crippen molar-refractivity contribution in [2.24, 2.45) is 0 Å². The van der Waals surface area contributed by atoms with Gasteiger partial charge in [0.25, 0.3) is 0 Å². The number of aliphatic hydroxyl groups is 1. The molecule has 0 aromatic heterocycles. The second-order valence-electron chi connectivity index (χ2n) is 5.78. The molecule has 2 rings (SSSR count). The highest BCUT2D eigenvalue weighted by Crippen LogP contribution is 2.05. The van der Waals surface area contributed by atoms with Gasteiger partial charge >= 0.3 is 12.1 Å². The Labute approximate surface area is 152 Å². The molecule has 1 amide bonds. The molecule has 0 saturated heterocycles. The molecule has 0 aliphatic heterocycles. The van der Waals surface area contributed by atoms with Gasteiger partial charge in [0.1, 0.15) is 13.2 Å². The molecular formula is C20H23NO5. The molecule has 1 atom stereocenters. The fourth-order valence-corrected chi connectivity index (χ4v) is 2.21. The number of rotatable bonds is 9. The van der Waals surface area contributed by atoms with Gasteiger partial charge in [0, 0.05) is 6.54 Å². The third-order valence-corrected chi connectivity index (χ3v) is 3.60. The van der Waals surface area contributed by atoms with Crippen molar-refractivity contribution in [1.29, 1.82) is 0 Å². The number of amides is 1. The van der Waals surface area contributed by atoms with Gasteiger partial charge in [-0.1, -0.05) is 60.7 Å². The van der Waals surface area contributed by atoms with Crippen LogP contribution in [0.3, 0.4) is 0 Å². The molecule has 0 aliphatic carbocycles. The third kappa shape index (κ3) is 7.81. The lowest BCUT2D eigenvalue weighted by atomic mass is 10.2. The molecule has 0 aliphatic rings. The van der Waals surface area contributed by atoms with E-state index in [0.29, 0.717) is 0 Å². The fraction of sp³-hybridized carbons (Fsp3) is 0.300. The minimum atomic E-state index is -0.882. The van der Waals surface area contributed by atoms with Crippen molar-refractivity contribution in [3.05, 3.63) is 71.8 Å². The molecule has 0 fully saturated rings. The zero-order valence-electron chi connectivity index (χ0n) is 14.5. The highest BCUT2D eigenvalue weighted by atomic mass is 16.5. The topological polar surface area (TPSA) is 84.9 Å². The van der Waals surface area contributed by atoms with Crippen LogP contribution in [0.25, 0.3) is 0 Å². The fourth-order valence-electron chi connectivity index (χ4n) is 2.21. The van der Waals surface area contributed by atoms with E-state index in [0.717, 1.165) is 11.1 Å². The Morgan fingerprint density at radius 1 is 0.885 bits per heavy atom. The van der Waals surface area contributed by atoms with E-state index < -0.39 is 18.2 Å². The summed E-state index contributed by atoms with van der Waals surface area (Å²) in [5, 5.41) is 12.4. The second kappa shape index (κ2) is 10.9. The molecule has 6 nitrogen and oxygen atoms in total. The Balaban J connectivity index is 1.55. The summed E-state index contributed by atoms with van der Waals surface area (Å²) in [6.45, 7) is 0.568. The molecular weight excluding hydrogens is 334 g/mol. The first-order chi connectivity index (χ1) is 12.6. The number of alkyl carbamates (subject to hydrolysis) is 1. The third-order valence-electron chi connectivity index (χ3n) is 3.60. The van der Waals surface area contributed by atoms with Gasteiger partial charge < -0.3 is 19.9 Å². The number of ether oxygens (including phenoxy) is 2. The van der Waals surface area contributed by atoms with Crippen molar-refractivity contribution >= 4 is 12.1 Å². The van der Waals surface area contributed by atoms with E-state index >= 15 is 0 Å². The van der Waals surface area contributed by atoms with E-state index in [1.165, 1.54) is 0 Å². The number of hydrogen-bond acceptors (Lipinski definition) is 5. The summed E-state index contributed by atoms with van der Waals surface area (Å²) in [7, 11) is 0. The van der Waals surface area contributed by atoms with E-state index in [2.05, 4.69) is 5.32 Å². The standard InChI is InChI=1S/C20H23NO5/c22-18(13-19(23)25-14-16-7-3-1-4-8-16)11-12-21-20(24)26-15-17-9-5-2-6-10-17/h1-10,18,22H,11-15H2,(H,21,24)/t18-/m1/s1. The van der Waals surface area contributed by atoms with Crippen molar-refractivity contribution in [2.45, 2.75) is 32.2 Å². The predicted octanol–water partition coefficient (Wildman–Crippen LogP) is 2.80. The first kappa shape index (κ1) is 19.5. The van der Waals surface area contributed by atoms with Crippen LogP contribution in [0.15, 0.2) is 60.7 Å². The number of nitrogens with one attached hydrogen (secondary N) is 1. The molecule has 138 valence electrons. The number of esters is 1. The number of aliphatic hydroxyl groups excluding tert-OH is 1. The average Bonchev–Trinajstić information content (AvgIpc) is 2.66. The Bertz CT molecular complexity index is 675. The van der Waals surface area contributed by atoms with E-state index in [4.69, 9.17) is 9.47 Å². The molecule has 0 heterocycles. The number of carbonyl (C=O) groups excluding carboxylic acids is 2. The Morgan fingerprint density at radius 3 is 2.00 bits per heavy atom. The molecule has 2 aromatic rings. The van der Waals surface area contributed by atoms with Crippen molar-refractivity contribution in [3.8, 4) is 0 Å². The van der Waals surface area contributed by atoms with Gasteiger partial charge in [0.2, 0.25) is 0 Å². The van der Waals surface area contributed by atoms with Gasteiger partial charge in [0.15, 0.2) is 0 Å². The van der Waals surface area contributed by atoms with Gasteiger partial charge in [0.05, 0.1) is 12.5 Å². The van der Waals surface area contributed by atoms with Gasteiger partial charge in [-0.05, 0) is 17.5 Å². The van der Waals surface area contributed by atoms with Gasteiger partial charge in [-0.3, -0.25) is 4.79 Å². The van der Waals surface area contributed by atoms with E-state index in [-0.39, 0.29) is 32.6 Å². The summed E-state index contributed by atoms with van der Waals surface area (Å²) < 4.78 is 10.2. The molecule has 0 spiro atoms. The smallest absolute Gasteiger partial charge is 0.407 e. The number of carbonyl (C=O) groups is 2. The van der Waals surface area contributed by atoms with Crippen LogP contribution >= 0.6 is 0 Å².